The van der Waals surface area contributed by atoms with Gasteiger partial charge in [-0.25, -0.2) is 9.78 Å². The molecule has 0 radical (unpaired) electrons. The van der Waals surface area contributed by atoms with Crippen LogP contribution in [0.1, 0.15) is 12.1 Å². The average Bonchev–Trinajstić information content (AvgIpc) is 2.51. The van der Waals surface area contributed by atoms with Gasteiger partial charge in [-0.05, 0) is 25.5 Å². The number of nitrogens with zero attached hydrogens (tertiary/aromatic N) is 2. The Bertz CT molecular complexity index is 530. The molecule has 0 aliphatic heterocycles. The van der Waals surface area contributed by atoms with E-state index in [1.54, 1.807) is 6.07 Å². The summed E-state index contributed by atoms with van der Waals surface area (Å²) >= 11 is 5.59. The van der Waals surface area contributed by atoms with Crippen LogP contribution < -0.4 is 5.76 Å². The summed E-state index contributed by atoms with van der Waals surface area (Å²) in [6.07, 6.45) is 0.728. The number of fused-ring (bicyclic) bond motifs is 1. The van der Waals surface area contributed by atoms with Crippen LogP contribution in [0.15, 0.2) is 21.3 Å². The largest absolute Gasteiger partial charge is 0.421 e. The maximum Gasteiger partial charge on any atom is 0.421 e. The minimum atomic E-state index is -0.367. The number of halogens is 1. The summed E-state index contributed by atoms with van der Waals surface area (Å²) < 4.78 is 6.57. The van der Waals surface area contributed by atoms with Crippen LogP contribution in [0.5, 0.6) is 0 Å². The molecule has 0 fully saturated rings. The third-order valence-electron chi connectivity index (χ3n) is 2.17. The molecule has 80 valence electrons. The molecule has 5 heteroatoms. The fourth-order valence-corrected chi connectivity index (χ4v) is 1.57. The predicted molar refractivity (Wildman–Crippen MR) is 58.3 cm³/mol. The van der Waals surface area contributed by atoms with Gasteiger partial charge in [0.05, 0.1) is 0 Å². The van der Waals surface area contributed by atoms with E-state index in [1.165, 1.54) is 4.57 Å². The number of oxazole rings is 1. The monoisotopic (exact) mass is 226 g/mol. The third kappa shape index (κ3) is 1.90. The summed E-state index contributed by atoms with van der Waals surface area (Å²) in [5.41, 5.74) is 1.99. The molecule has 2 aromatic rings. The molecule has 0 unspecified atom stereocenters. The van der Waals surface area contributed by atoms with Gasteiger partial charge in [-0.3, -0.25) is 4.57 Å². The summed E-state index contributed by atoms with van der Waals surface area (Å²) in [7, 11) is 0. The quantitative estimate of drug-likeness (QED) is 0.752. The molecule has 0 spiro atoms. The lowest BCUT2D eigenvalue weighted by Crippen LogP contribution is -2.15. The Kier molecular flexibility index (Phi) is 2.77. The second-order valence-electron chi connectivity index (χ2n) is 3.34. The Balaban J connectivity index is 2.55. The molecular formula is C10H11ClN2O2. The van der Waals surface area contributed by atoms with Crippen molar-refractivity contribution in [2.45, 2.75) is 19.9 Å². The van der Waals surface area contributed by atoms with Gasteiger partial charge < -0.3 is 4.42 Å². The summed E-state index contributed by atoms with van der Waals surface area (Å²) in [4.78, 5) is 15.7. The SMILES string of the molecule is Cc1ccc2oc(=O)n(CCCCl)c2n1. The van der Waals surface area contributed by atoms with Crippen LogP contribution in [0.3, 0.4) is 0 Å². The molecule has 0 aromatic carbocycles. The lowest BCUT2D eigenvalue weighted by Gasteiger charge is -1.98. The highest BCUT2D eigenvalue weighted by Crippen LogP contribution is 2.11. The van der Waals surface area contributed by atoms with Crippen molar-refractivity contribution in [1.29, 1.82) is 0 Å². The van der Waals surface area contributed by atoms with Gasteiger partial charge in [-0.2, -0.15) is 0 Å². The molecule has 0 saturated heterocycles. The van der Waals surface area contributed by atoms with E-state index in [0.717, 1.165) is 12.1 Å². The number of rotatable bonds is 3. The topological polar surface area (TPSA) is 48.0 Å². The molecule has 15 heavy (non-hydrogen) atoms. The van der Waals surface area contributed by atoms with Gasteiger partial charge in [0.1, 0.15) is 0 Å². The Morgan fingerprint density at radius 3 is 3.07 bits per heavy atom. The molecule has 0 bridgehead atoms. The van der Waals surface area contributed by atoms with Crippen molar-refractivity contribution in [3.05, 3.63) is 28.4 Å². The molecule has 0 amide bonds. The summed E-state index contributed by atoms with van der Waals surface area (Å²) in [6, 6.07) is 3.58. The van der Waals surface area contributed by atoms with E-state index in [9.17, 15) is 4.79 Å². The van der Waals surface area contributed by atoms with Gasteiger partial charge in [0, 0.05) is 18.1 Å². The molecule has 2 aromatic heterocycles. The predicted octanol–water partition coefficient (Wildman–Crippen LogP) is 1.93. The molecule has 0 saturated carbocycles. The maximum absolute atomic E-state index is 11.5. The van der Waals surface area contributed by atoms with E-state index in [2.05, 4.69) is 4.98 Å². The van der Waals surface area contributed by atoms with E-state index in [4.69, 9.17) is 16.0 Å². The van der Waals surface area contributed by atoms with Gasteiger partial charge in [-0.15, -0.1) is 11.6 Å². The van der Waals surface area contributed by atoms with Crippen molar-refractivity contribution in [3.63, 3.8) is 0 Å². The van der Waals surface area contributed by atoms with Crippen LogP contribution in [-0.2, 0) is 6.54 Å². The van der Waals surface area contributed by atoms with Gasteiger partial charge >= 0.3 is 5.76 Å². The van der Waals surface area contributed by atoms with Gasteiger partial charge in [-0.1, -0.05) is 0 Å². The zero-order valence-corrected chi connectivity index (χ0v) is 9.12. The Hall–Kier alpha value is -1.29. The minimum absolute atomic E-state index is 0.367. The summed E-state index contributed by atoms with van der Waals surface area (Å²) in [6.45, 7) is 2.43. The Labute approximate surface area is 91.5 Å². The molecule has 0 aliphatic carbocycles. The number of hydrogen-bond acceptors (Lipinski definition) is 3. The van der Waals surface area contributed by atoms with Gasteiger partial charge in [0.15, 0.2) is 11.2 Å². The van der Waals surface area contributed by atoms with Crippen molar-refractivity contribution in [2.24, 2.45) is 0 Å². The van der Waals surface area contributed by atoms with Crippen LogP contribution in [0.2, 0.25) is 0 Å². The zero-order valence-electron chi connectivity index (χ0n) is 8.36. The number of aryl methyl sites for hydroxylation is 2. The number of pyridine rings is 1. The fraction of sp³-hybridized carbons (Fsp3) is 0.400. The Morgan fingerprint density at radius 1 is 1.53 bits per heavy atom. The van der Waals surface area contributed by atoms with E-state index >= 15 is 0 Å². The first-order chi connectivity index (χ1) is 7.22. The second-order valence-corrected chi connectivity index (χ2v) is 3.71. The fourth-order valence-electron chi connectivity index (χ4n) is 1.45. The van der Waals surface area contributed by atoms with Crippen LogP contribution in [0.25, 0.3) is 11.2 Å². The number of alkyl halides is 1. The van der Waals surface area contributed by atoms with Crippen LogP contribution >= 0.6 is 11.6 Å². The summed E-state index contributed by atoms with van der Waals surface area (Å²) in [5, 5.41) is 0. The molecule has 2 rings (SSSR count). The lowest BCUT2D eigenvalue weighted by molar-refractivity contribution is 0.503. The first-order valence-electron chi connectivity index (χ1n) is 4.75. The van der Waals surface area contributed by atoms with Crippen LogP contribution in [0, 0.1) is 6.92 Å². The number of hydrogen-bond donors (Lipinski definition) is 0. The first-order valence-corrected chi connectivity index (χ1v) is 5.29. The van der Waals surface area contributed by atoms with Crippen molar-refractivity contribution in [2.75, 3.05) is 5.88 Å². The third-order valence-corrected chi connectivity index (χ3v) is 2.43. The first kappa shape index (κ1) is 10.2. The van der Waals surface area contributed by atoms with Crippen molar-refractivity contribution >= 4 is 22.8 Å². The Morgan fingerprint density at radius 2 is 2.33 bits per heavy atom. The van der Waals surface area contributed by atoms with E-state index in [-0.39, 0.29) is 5.76 Å². The molecule has 2 heterocycles. The molecule has 4 nitrogen and oxygen atoms in total. The highest BCUT2D eigenvalue weighted by molar-refractivity contribution is 6.17. The van der Waals surface area contributed by atoms with Crippen molar-refractivity contribution in [1.82, 2.24) is 9.55 Å². The van der Waals surface area contributed by atoms with Crippen LogP contribution in [-0.4, -0.2) is 15.4 Å². The highest BCUT2D eigenvalue weighted by Gasteiger charge is 2.09. The van der Waals surface area contributed by atoms with E-state index < -0.39 is 0 Å². The molecule has 0 atom stereocenters. The van der Waals surface area contributed by atoms with Crippen molar-refractivity contribution in [3.8, 4) is 0 Å². The zero-order chi connectivity index (χ0) is 10.8. The highest BCUT2D eigenvalue weighted by atomic mass is 35.5. The standard InChI is InChI=1S/C10H11ClN2O2/c1-7-3-4-8-9(12-7)13(6-2-5-11)10(14)15-8/h3-4H,2,5-6H2,1H3. The van der Waals surface area contributed by atoms with Gasteiger partial charge in [0.2, 0.25) is 0 Å². The normalized spacial score (nSPS) is 11.1. The van der Waals surface area contributed by atoms with Gasteiger partial charge in [0.25, 0.3) is 0 Å². The smallest absolute Gasteiger partial charge is 0.406 e. The second kappa shape index (κ2) is 4.06. The maximum atomic E-state index is 11.5. The molecular weight excluding hydrogens is 216 g/mol. The van der Waals surface area contributed by atoms with Crippen molar-refractivity contribution < 1.29 is 4.42 Å². The number of aromatic nitrogens is 2. The molecule has 0 aliphatic rings. The lowest BCUT2D eigenvalue weighted by atomic mass is 10.3. The van der Waals surface area contributed by atoms with E-state index in [1.807, 2.05) is 13.0 Å². The molecule has 0 N–H and O–H groups in total. The van der Waals surface area contributed by atoms with Crippen LogP contribution in [0.4, 0.5) is 0 Å². The summed E-state index contributed by atoms with van der Waals surface area (Å²) in [5.74, 6) is 0.151. The van der Waals surface area contributed by atoms with E-state index in [0.29, 0.717) is 23.7 Å². The average molecular weight is 227 g/mol. The minimum Gasteiger partial charge on any atom is -0.406 e.